The molecule has 10 heteroatoms. The van der Waals surface area contributed by atoms with Gasteiger partial charge in [0, 0.05) is 31.4 Å². The lowest BCUT2D eigenvalue weighted by Gasteiger charge is -2.26. The van der Waals surface area contributed by atoms with Crippen LogP contribution in [0.2, 0.25) is 0 Å². The summed E-state index contributed by atoms with van der Waals surface area (Å²) in [5, 5.41) is 16.5. The second-order valence-corrected chi connectivity index (χ2v) is 8.03. The summed E-state index contributed by atoms with van der Waals surface area (Å²) in [5.41, 5.74) is 1.13. The van der Waals surface area contributed by atoms with Gasteiger partial charge in [-0.1, -0.05) is 0 Å². The average Bonchev–Trinajstić information content (AvgIpc) is 3.41. The molecule has 0 amide bonds. The molecule has 2 saturated heterocycles. The van der Waals surface area contributed by atoms with E-state index in [1.165, 1.54) is 12.3 Å². The molecule has 0 saturated carbocycles. The van der Waals surface area contributed by atoms with Crippen molar-refractivity contribution in [1.82, 2.24) is 24.7 Å². The van der Waals surface area contributed by atoms with Crippen LogP contribution in [-0.2, 0) is 4.79 Å². The summed E-state index contributed by atoms with van der Waals surface area (Å²) in [5.74, 6) is 0.294. The monoisotopic (exact) mass is 425 g/mol. The molecule has 1 unspecified atom stereocenters. The summed E-state index contributed by atoms with van der Waals surface area (Å²) in [6, 6.07) is 4.36. The van der Waals surface area contributed by atoms with Gasteiger partial charge >= 0.3 is 5.97 Å². The van der Waals surface area contributed by atoms with Gasteiger partial charge in [-0.2, -0.15) is 0 Å². The third kappa shape index (κ3) is 3.90. The van der Waals surface area contributed by atoms with E-state index >= 15 is 0 Å². The lowest BCUT2D eigenvalue weighted by atomic mass is 10.1. The van der Waals surface area contributed by atoms with E-state index in [0.717, 1.165) is 32.4 Å². The Hall–Kier alpha value is -3.27. The molecule has 0 aromatic carbocycles. The van der Waals surface area contributed by atoms with Crippen molar-refractivity contribution in [2.75, 3.05) is 29.9 Å². The van der Waals surface area contributed by atoms with Crippen molar-refractivity contribution in [1.29, 1.82) is 0 Å². The van der Waals surface area contributed by atoms with Crippen LogP contribution in [0.15, 0.2) is 30.6 Å². The third-order valence-electron chi connectivity index (χ3n) is 5.89. The van der Waals surface area contributed by atoms with Gasteiger partial charge in [0.15, 0.2) is 5.82 Å². The second-order valence-electron chi connectivity index (χ2n) is 8.03. The van der Waals surface area contributed by atoms with Gasteiger partial charge in [0.1, 0.15) is 34.8 Å². The first-order chi connectivity index (χ1) is 15.1. The van der Waals surface area contributed by atoms with E-state index in [1.54, 1.807) is 16.7 Å². The van der Waals surface area contributed by atoms with Crippen molar-refractivity contribution in [3.05, 3.63) is 36.4 Å². The fourth-order valence-corrected chi connectivity index (χ4v) is 4.37. The summed E-state index contributed by atoms with van der Waals surface area (Å²) in [7, 11) is 0. The minimum Gasteiger partial charge on any atom is -0.480 e. The van der Waals surface area contributed by atoms with Gasteiger partial charge in [-0.05, 0) is 44.4 Å². The summed E-state index contributed by atoms with van der Waals surface area (Å²) >= 11 is 0. The Morgan fingerprint density at radius 3 is 2.97 bits per heavy atom. The highest BCUT2D eigenvalue weighted by molar-refractivity contribution is 5.79. The zero-order valence-corrected chi connectivity index (χ0v) is 17.0. The Morgan fingerprint density at radius 1 is 1.26 bits per heavy atom. The lowest BCUT2D eigenvalue weighted by Crippen LogP contribution is -2.39. The van der Waals surface area contributed by atoms with Crippen molar-refractivity contribution in [2.45, 2.75) is 37.8 Å². The fraction of sp³-hybridized carbons (Fsp3) is 0.429. The van der Waals surface area contributed by atoms with Crippen LogP contribution >= 0.6 is 0 Å². The summed E-state index contributed by atoms with van der Waals surface area (Å²) in [6.07, 6.45) is 6.41. The van der Waals surface area contributed by atoms with Crippen molar-refractivity contribution in [3.8, 4) is 11.5 Å². The normalized spacial score (nSPS) is 21.5. The molecule has 5 heterocycles. The van der Waals surface area contributed by atoms with Crippen LogP contribution in [0, 0.1) is 5.82 Å². The van der Waals surface area contributed by atoms with Crippen LogP contribution < -0.4 is 15.5 Å². The number of hydrogen-bond donors (Lipinski definition) is 3. The highest BCUT2D eigenvalue weighted by Crippen LogP contribution is 2.29. The van der Waals surface area contributed by atoms with Gasteiger partial charge in [-0.15, -0.1) is 0 Å². The van der Waals surface area contributed by atoms with Crippen LogP contribution in [0.4, 0.5) is 16.0 Å². The fourth-order valence-electron chi connectivity index (χ4n) is 4.37. The predicted octanol–water partition coefficient (Wildman–Crippen LogP) is 2.15. The Labute approximate surface area is 178 Å². The van der Waals surface area contributed by atoms with Crippen LogP contribution in [0.25, 0.3) is 17.2 Å². The van der Waals surface area contributed by atoms with Crippen molar-refractivity contribution in [3.63, 3.8) is 0 Å². The van der Waals surface area contributed by atoms with E-state index in [-0.39, 0.29) is 11.9 Å². The summed E-state index contributed by atoms with van der Waals surface area (Å²) in [6.45, 7) is 2.44. The molecule has 2 atom stereocenters. The number of aliphatic carboxylic acids is 1. The standard InChI is InChI=1S/C21H24FN7O2/c22-13-5-6-18-24-11-16(29(18)12-13)20-26-17(25-14-3-1-7-23-10-14)9-19(27-20)28-8-2-4-15(28)21(30)31/h5-6,9,11-12,14-15,23H,1-4,7-8,10H2,(H,30,31)(H,25,26,27)/t14-,15?/m1/s1. The molecule has 2 aliphatic rings. The number of fused-ring (bicyclic) bond motifs is 1. The molecule has 162 valence electrons. The van der Waals surface area contributed by atoms with Gasteiger partial charge in [-0.25, -0.2) is 24.1 Å². The molecule has 2 aliphatic heterocycles. The molecule has 0 aliphatic carbocycles. The second kappa shape index (κ2) is 8.10. The Bertz CT molecular complexity index is 1110. The smallest absolute Gasteiger partial charge is 0.326 e. The average molecular weight is 425 g/mol. The summed E-state index contributed by atoms with van der Waals surface area (Å²) < 4.78 is 15.5. The van der Waals surface area contributed by atoms with E-state index < -0.39 is 12.0 Å². The van der Waals surface area contributed by atoms with Gasteiger partial charge in [-0.3, -0.25) is 4.40 Å². The molecule has 0 bridgehead atoms. The number of imidazole rings is 1. The molecule has 3 aromatic heterocycles. The molecule has 2 fully saturated rings. The number of pyridine rings is 1. The molecule has 5 rings (SSSR count). The largest absolute Gasteiger partial charge is 0.480 e. The van der Waals surface area contributed by atoms with Gasteiger partial charge < -0.3 is 20.6 Å². The molecule has 9 nitrogen and oxygen atoms in total. The zero-order valence-electron chi connectivity index (χ0n) is 17.0. The number of carbonyl (C=O) groups is 1. The summed E-state index contributed by atoms with van der Waals surface area (Å²) in [4.78, 5) is 27.2. The lowest BCUT2D eigenvalue weighted by molar-refractivity contribution is -0.138. The topological polar surface area (TPSA) is 108 Å². The first-order valence-corrected chi connectivity index (χ1v) is 10.6. The number of halogens is 1. The molecule has 0 radical (unpaired) electrons. The number of hydrogen-bond acceptors (Lipinski definition) is 7. The van der Waals surface area contributed by atoms with Crippen LogP contribution in [0.5, 0.6) is 0 Å². The zero-order chi connectivity index (χ0) is 21.4. The number of rotatable bonds is 5. The van der Waals surface area contributed by atoms with Crippen LogP contribution in [0.1, 0.15) is 25.7 Å². The minimum atomic E-state index is -0.861. The molecule has 3 aromatic rings. The third-order valence-corrected chi connectivity index (χ3v) is 5.89. The van der Waals surface area contributed by atoms with E-state index in [1.807, 2.05) is 11.0 Å². The van der Waals surface area contributed by atoms with Crippen molar-refractivity contribution in [2.24, 2.45) is 0 Å². The quantitative estimate of drug-likeness (QED) is 0.571. The number of carboxylic acid groups (broad SMARTS) is 1. The van der Waals surface area contributed by atoms with E-state index in [9.17, 15) is 14.3 Å². The number of aromatic nitrogens is 4. The molecular weight excluding hydrogens is 401 g/mol. The Morgan fingerprint density at radius 2 is 2.16 bits per heavy atom. The highest BCUT2D eigenvalue weighted by atomic mass is 19.1. The number of nitrogens with zero attached hydrogens (tertiary/aromatic N) is 5. The minimum absolute atomic E-state index is 0.220. The molecule has 0 spiro atoms. The van der Waals surface area contributed by atoms with Crippen molar-refractivity contribution >= 4 is 23.3 Å². The Balaban J connectivity index is 1.58. The first-order valence-electron chi connectivity index (χ1n) is 10.6. The predicted molar refractivity (Wildman–Crippen MR) is 114 cm³/mol. The highest BCUT2D eigenvalue weighted by Gasteiger charge is 2.32. The van der Waals surface area contributed by atoms with Gasteiger partial charge in [0.2, 0.25) is 0 Å². The maximum atomic E-state index is 13.9. The maximum absolute atomic E-state index is 13.9. The molecule has 3 N–H and O–H groups in total. The Kier molecular flexibility index (Phi) is 5.14. The van der Waals surface area contributed by atoms with E-state index in [2.05, 4.69) is 25.6 Å². The number of piperidine rings is 1. The molecule has 31 heavy (non-hydrogen) atoms. The van der Waals surface area contributed by atoms with E-state index in [0.29, 0.717) is 41.8 Å². The van der Waals surface area contributed by atoms with E-state index in [4.69, 9.17) is 0 Å². The number of anilines is 2. The number of carboxylic acids is 1. The molecular formula is C21H24FN7O2. The maximum Gasteiger partial charge on any atom is 0.326 e. The first kappa shape index (κ1) is 19.7. The van der Waals surface area contributed by atoms with Crippen molar-refractivity contribution < 1.29 is 14.3 Å². The van der Waals surface area contributed by atoms with Crippen LogP contribution in [0.3, 0.4) is 0 Å². The number of nitrogens with one attached hydrogen (secondary N) is 2. The van der Waals surface area contributed by atoms with Crippen LogP contribution in [-0.4, -0.2) is 62.1 Å². The SMILES string of the molecule is O=C(O)C1CCCN1c1cc(N[C@@H]2CCCNC2)nc(-c2cnc3ccc(F)cn23)n1. The van der Waals surface area contributed by atoms with Gasteiger partial charge in [0.05, 0.1) is 6.20 Å². The van der Waals surface area contributed by atoms with Gasteiger partial charge in [0.25, 0.3) is 0 Å².